The Hall–Kier alpha value is -5.09. The van der Waals surface area contributed by atoms with Crippen LogP contribution in [-0.4, -0.2) is 30.9 Å². The quantitative estimate of drug-likeness (QED) is 0.0994. The van der Waals surface area contributed by atoms with E-state index in [1.807, 2.05) is 72.8 Å². The number of nitrogens with one attached hydrogen (secondary N) is 2. The molecule has 0 unspecified atom stereocenters. The van der Waals surface area contributed by atoms with Gasteiger partial charge in [-0.15, -0.1) is 0 Å². The summed E-state index contributed by atoms with van der Waals surface area (Å²) in [6.07, 6.45) is 2.85. The molecule has 2 aromatic heterocycles. The maximum atomic E-state index is 12.7. The van der Waals surface area contributed by atoms with Crippen LogP contribution in [0.25, 0.3) is 34.2 Å². The van der Waals surface area contributed by atoms with Crippen molar-refractivity contribution in [3.63, 3.8) is 0 Å². The SMILES string of the molecule is [NH-]n1cc(C(=O)c2ccccc2)c(-c2ccccc2)nc1=S.[NH-]n1cc(C(=O)c2ccccc2)c(-c2ccccc2)nc1=S.[Ni+2]. The Bertz CT molecular complexity index is 1900. The van der Waals surface area contributed by atoms with Crippen LogP contribution in [0.1, 0.15) is 31.8 Å². The molecular formula is C34H24N6NiO2S2. The molecule has 11 heteroatoms. The van der Waals surface area contributed by atoms with E-state index in [-0.39, 0.29) is 37.6 Å². The van der Waals surface area contributed by atoms with E-state index in [2.05, 4.69) is 9.97 Å². The molecule has 2 heterocycles. The van der Waals surface area contributed by atoms with Crippen LogP contribution >= 0.6 is 24.4 Å². The summed E-state index contributed by atoms with van der Waals surface area (Å²) in [4.78, 5) is 34.0. The molecule has 8 nitrogen and oxygen atoms in total. The topological polar surface area (TPSA) is 117 Å². The number of carbonyl (C=O) groups is 2. The Morgan fingerprint density at radius 1 is 0.511 bits per heavy atom. The summed E-state index contributed by atoms with van der Waals surface area (Å²) in [7, 11) is 0. The second-order valence-electron chi connectivity index (χ2n) is 9.43. The second kappa shape index (κ2) is 15.1. The van der Waals surface area contributed by atoms with Crippen molar-refractivity contribution in [2.45, 2.75) is 0 Å². The van der Waals surface area contributed by atoms with E-state index in [1.54, 1.807) is 48.5 Å². The van der Waals surface area contributed by atoms with Crippen molar-refractivity contribution >= 4 is 36.0 Å². The van der Waals surface area contributed by atoms with Gasteiger partial charge in [-0.25, -0.2) is 9.97 Å². The number of aromatic nitrogens is 4. The van der Waals surface area contributed by atoms with Gasteiger partial charge in [-0.1, -0.05) is 121 Å². The van der Waals surface area contributed by atoms with Crippen LogP contribution in [0, 0.1) is 9.54 Å². The number of rotatable bonds is 6. The zero-order valence-corrected chi connectivity index (χ0v) is 26.1. The Morgan fingerprint density at radius 3 is 1.11 bits per heavy atom. The van der Waals surface area contributed by atoms with Crippen molar-refractivity contribution in [2.75, 3.05) is 0 Å². The summed E-state index contributed by atoms with van der Waals surface area (Å²) in [6.45, 7) is 0. The average molecular weight is 671 g/mol. The molecule has 224 valence electrons. The Morgan fingerprint density at radius 2 is 0.800 bits per heavy atom. The van der Waals surface area contributed by atoms with Crippen LogP contribution in [-0.2, 0) is 16.5 Å². The van der Waals surface area contributed by atoms with Gasteiger partial charge in [-0.3, -0.25) is 9.59 Å². The van der Waals surface area contributed by atoms with E-state index in [0.29, 0.717) is 33.6 Å². The van der Waals surface area contributed by atoms with Gasteiger partial charge in [0.2, 0.25) is 0 Å². The Kier molecular flexibility index (Phi) is 11.0. The monoisotopic (exact) mass is 670 g/mol. The summed E-state index contributed by atoms with van der Waals surface area (Å²) in [5.41, 5.74) is 4.44. The van der Waals surface area contributed by atoms with Crippen molar-refractivity contribution in [3.05, 3.63) is 177 Å². The molecule has 0 saturated heterocycles. The summed E-state index contributed by atoms with van der Waals surface area (Å²) in [5, 5.41) is 0. The molecule has 0 spiro atoms. The molecule has 0 fully saturated rings. The van der Waals surface area contributed by atoms with Gasteiger partial charge < -0.3 is 21.0 Å². The third-order valence-corrected chi connectivity index (χ3v) is 7.09. The number of hydrogen-bond donors (Lipinski definition) is 0. The van der Waals surface area contributed by atoms with Crippen molar-refractivity contribution in [2.24, 2.45) is 0 Å². The average Bonchev–Trinajstić information content (AvgIpc) is 3.08. The van der Waals surface area contributed by atoms with Gasteiger partial charge in [0.05, 0.1) is 22.5 Å². The van der Waals surface area contributed by atoms with Gasteiger partial charge in [0.1, 0.15) is 0 Å². The molecule has 45 heavy (non-hydrogen) atoms. The molecule has 0 radical (unpaired) electrons. The van der Waals surface area contributed by atoms with Crippen LogP contribution in [0.3, 0.4) is 0 Å². The molecule has 0 saturated carbocycles. The molecule has 0 amide bonds. The maximum absolute atomic E-state index is 12.7. The third kappa shape index (κ3) is 7.71. The number of benzene rings is 4. The van der Waals surface area contributed by atoms with Crippen LogP contribution in [0.4, 0.5) is 0 Å². The molecule has 0 aliphatic carbocycles. The first-order valence-corrected chi connectivity index (χ1v) is 14.2. The molecule has 0 bridgehead atoms. The van der Waals surface area contributed by atoms with Crippen molar-refractivity contribution in [1.82, 2.24) is 19.3 Å². The summed E-state index contributed by atoms with van der Waals surface area (Å²) in [6, 6.07) is 36.6. The van der Waals surface area contributed by atoms with E-state index in [9.17, 15) is 9.59 Å². The number of hydrogen-bond acceptors (Lipinski definition) is 6. The fraction of sp³-hybridized carbons (Fsp3) is 0. The van der Waals surface area contributed by atoms with Gasteiger partial charge in [0.15, 0.2) is 21.1 Å². The van der Waals surface area contributed by atoms with Crippen molar-refractivity contribution < 1.29 is 26.1 Å². The van der Waals surface area contributed by atoms with Crippen LogP contribution in [0.2, 0.25) is 0 Å². The maximum Gasteiger partial charge on any atom is 2.00 e. The number of carbonyl (C=O) groups excluding carboxylic acids is 2. The third-order valence-electron chi connectivity index (χ3n) is 6.51. The molecule has 6 rings (SSSR count). The fourth-order valence-corrected chi connectivity index (χ4v) is 4.65. The van der Waals surface area contributed by atoms with E-state index in [1.165, 1.54) is 12.4 Å². The predicted molar refractivity (Wildman–Crippen MR) is 176 cm³/mol. The van der Waals surface area contributed by atoms with Gasteiger partial charge in [0, 0.05) is 34.6 Å². The minimum atomic E-state index is -0.178. The van der Waals surface area contributed by atoms with E-state index in [4.69, 9.17) is 36.1 Å². The first kappa shape index (κ1) is 32.8. The van der Waals surface area contributed by atoms with Crippen molar-refractivity contribution in [3.8, 4) is 22.5 Å². The normalized spacial score (nSPS) is 10.1. The van der Waals surface area contributed by atoms with Crippen LogP contribution < -0.4 is 0 Å². The summed E-state index contributed by atoms with van der Waals surface area (Å²) >= 11 is 10.1. The largest absolute Gasteiger partial charge is 2.00 e. The van der Waals surface area contributed by atoms with E-state index < -0.39 is 0 Å². The molecule has 0 aliphatic rings. The standard InChI is InChI=1S/2C17H12N3OS.Ni/c2*18-20-11-14(16(21)13-9-5-2-6-10-13)15(19-17(20)22)12-7-3-1-4-8-12;/h2*1-11,18H;/q2*-1;+2. The summed E-state index contributed by atoms with van der Waals surface area (Å²) in [5.74, 6) is 15.2. The van der Waals surface area contributed by atoms with E-state index >= 15 is 0 Å². The molecular weight excluding hydrogens is 647 g/mol. The first-order valence-electron chi connectivity index (χ1n) is 13.3. The molecule has 0 aliphatic heterocycles. The minimum absolute atomic E-state index is 0. The Labute approximate surface area is 279 Å². The molecule has 0 atom stereocenters. The first-order chi connectivity index (χ1) is 21.3. The van der Waals surface area contributed by atoms with Gasteiger partial charge >= 0.3 is 16.5 Å². The molecule has 4 aromatic carbocycles. The zero-order valence-electron chi connectivity index (χ0n) is 23.4. The Balaban J connectivity index is 0.000000200. The van der Waals surface area contributed by atoms with Crippen molar-refractivity contribution in [1.29, 1.82) is 0 Å². The molecule has 6 aromatic rings. The van der Waals surface area contributed by atoms with Crippen LogP contribution in [0.15, 0.2) is 134 Å². The predicted octanol–water partition coefficient (Wildman–Crippen LogP) is 8.65. The second-order valence-corrected chi connectivity index (χ2v) is 10.2. The number of ketones is 2. The van der Waals surface area contributed by atoms with Crippen LogP contribution in [0.5, 0.6) is 0 Å². The number of nitrogens with zero attached hydrogens (tertiary/aromatic N) is 4. The van der Waals surface area contributed by atoms with Gasteiger partial charge in [0.25, 0.3) is 0 Å². The summed E-state index contributed by atoms with van der Waals surface area (Å²) < 4.78 is 2.11. The minimum Gasteiger partial charge on any atom is -0.630 e. The smallest absolute Gasteiger partial charge is 0.630 e. The fourth-order valence-electron chi connectivity index (χ4n) is 4.36. The zero-order chi connectivity index (χ0) is 31.1. The molecule has 2 N–H and O–H groups in total. The van der Waals surface area contributed by atoms with E-state index in [0.717, 1.165) is 20.5 Å². The van der Waals surface area contributed by atoms with Gasteiger partial charge in [-0.2, -0.15) is 0 Å². The van der Waals surface area contributed by atoms with Gasteiger partial charge in [-0.05, 0) is 24.4 Å².